The molecule has 0 spiro atoms. The van der Waals surface area contributed by atoms with E-state index in [-0.39, 0.29) is 18.2 Å². The van der Waals surface area contributed by atoms with Gasteiger partial charge in [-0.15, -0.1) is 0 Å². The standard InChI is InChI=1S/C10H13F3N2/c1-6(4-14)15-5-8-9(12)2-7(11)3-10(8)13/h2-3,6,15H,4-5,14H2,1H3/t6-/m1/s1. The van der Waals surface area contributed by atoms with Gasteiger partial charge in [0, 0.05) is 36.8 Å². The molecule has 1 atom stereocenters. The summed E-state index contributed by atoms with van der Waals surface area (Å²) < 4.78 is 38.8. The maximum Gasteiger partial charge on any atom is 0.133 e. The van der Waals surface area contributed by atoms with Crippen LogP contribution in [0.1, 0.15) is 12.5 Å². The minimum atomic E-state index is -0.916. The summed E-state index contributed by atoms with van der Waals surface area (Å²) in [5, 5.41) is 2.82. The van der Waals surface area contributed by atoms with E-state index in [1.165, 1.54) is 0 Å². The zero-order chi connectivity index (χ0) is 11.4. The van der Waals surface area contributed by atoms with Gasteiger partial charge in [0.25, 0.3) is 0 Å². The molecule has 0 fully saturated rings. The van der Waals surface area contributed by atoms with Crippen LogP contribution in [-0.4, -0.2) is 12.6 Å². The Balaban J connectivity index is 2.77. The van der Waals surface area contributed by atoms with Crippen molar-refractivity contribution in [2.75, 3.05) is 6.54 Å². The Labute approximate surface area is 86.3 Å². The van der Waals surface area contributed by atoms with Crippen LogP contribution in [0.3, 0.4) is 0 Å². The van der Waals surface area contributed by atoms with Crippen LogP contribution in [-0.2, 0) is 6.54 Å². The monoisotopic (exact) mass is 218 g/mol. The topological polar surface area (TPSA) is 38.0 Å². The van der Waals surface area contributed by atoms with Crippen molar-refractivity contribution in [3.05, 3.63) is 35.1 Å². The van der Waals surface area contributed by atoms with Crippen molar-refractivity contribution < 1.29 is 13.2 Å². The van der Waals surface area contributed by atoms with Crippen molar-refractivity contribution in [2.24, 2.45) is 5.73 Å². The second kappa shape index (κ2) is 5.14. The summed E-state index contributed by atoms with van der Waals surface area (Å²) in [5.74, 6) is -2.69. The van der Waals surface area contributed by atoms with Crippen molar-refractivity contribution in [3.63, 3.8) is 0 Å². The van der Waals surface area contributed by atoms with Gasteiger partial charge in [-0.25, -0.2) is 13.2 Å². The molecular formula is C10H13F3N2. The lowest BCUT2D eigenvalue weighted by atomic mass is 10.2. The van der Waals surface area contributed by atoms with Crippen molar-refractivity contribution in [1.29, 1.82) is 0 Å². The molecule has 1 aromatic carbocycles. The number of benzene rings is 1. The molecule has 0 aliphatic rings. The average molecular weight is 218 g/mol. The number of rotatable bonds is 4. The van der Waals surface area contributed by atoms with E-state index in [0.717, 1.165) is 0 Å². The Morgan fingerprint density at radius 2 is 1.80 bits per heavy atom. The smallest absolute Gasteiger partial charge is 0.133 e. The average Bonchev–Trinajstić information content (AvgIpc) is 2.15. The zero-order valence-electron chi connectivity index (χ0n) is 8.36. The molecule has 5 heteroatoms. The first kappa shape index (κ1) is 12.0. The second-order valence-corrected chi connectivity index (χ2v) is 3.37. The van der Waals surface area contributed by atoms with Gasteiger partial charge < -0.3 is 11.1 Å². The normalized spacial score (nSPS) is 12.9. The summed E-state index contributed by atoms with van der Waals surface area (Å²) in [6.07, 6.45) is 0. The minimum absolute atomic E-state index is 0.00366. The molecule has 1 rings (SSSR count). The van der Waals surface area contributed by atoms with Crippen LogP contribution >= 0.6 is 0 Å². The Morgan fingerprint density at radius 3 is 2.27 bits per heavy atom. The third-order valence-electron chi connectivity index (χ3n) is 2.09. The largest absolute Gasteiger partial charge is 0.329 e. The van der Waals surface area contributed by atoms with Gasteiger partial charge in [-0.3, -0.25) is 0 Å². The van der Waals surface area contributed by atoms with Crippen molar-refractivity contribution in [1.82, 2.24) is 5.32 Å². The maximum absolute atomic E-state index is 13.1. The number of halogens is 3. The Bertz CT molecular complexity index is 318. The van der Waals surface area contributed by atoms with Gasteiger partial charge >= 0.3 is 0 Å². The Morgan fingerprint density at radius 1 is 1.27 bits per heavy atom. The quantitative estimate of drug-likeness (QED) is 0.804. The van der Waals surface area contributed by atoms with Crippen LogP contribution in [0.15, 0.2) is 12.1 Å². The molecule has 0 heterocycles. The van der Waals surface area contributed by atoms with Crippen LogP contribution < -0.4 is 11.1 Å². The molecule has 15 heavy (non-hydrogen) atoms. The molecule has 0 saturated carbocycles. The van der Waals surface area contributed by atoms with Crippen LogP contribution in [0.5, 0.6) is 0 Å². The number of nitrogens with two attached hydrogens (primary N) is 1. The molecule has 1 aromatic rings. The van der Waals surface area contributed by atoms with Crippen LogP contribution in [0.4, 0.5) is 13.2 Å². The number of hydrogen-bond acceptors (Lipinski definition) is 2. The highest BCUT2D eigenvalue weighted by Crippen LogP contribution is 2.14. The van der Waals surface area contributed by atoms with Crippen molar-refractivity contribution >= 4 is 0 Å². The maximum atomic E-state index is 13.1. The zero-order valence-corrected chi connectivity index (χ0v) is 8.36. The molecule has 84 valence electrons. The van der Waals surface area contributed by atoms with Crippen LogP contribution in [0.2, 0.25) is 0 Å². The van der Waals surface area contributed by atoms with E-state index in [2.05, 4.69) is 5.32 Å². The van der Waals surface area contributed by atoms with Gasteiger partial charge in [-0.2, -0.15) is 0 Å². The molecule has 2 nitrogen and oxygen atoms in total. The summed E-state index contributed by atoms with van der Waals surface area (Å²) in [6, 6.07) is 1.27. The van der Waals surface area contributed by atoms with Gasteiger partial charge in [0.2, 0.25) is 0 Å². The molecule has 0 aliphatic carbocycles. The Hall–Kier alpha value is -1.07. The fraction of sp³-hybridized carbons (Fsp3) is 0.400. The minimum Gasteiger partial charge on any atom is -0.329 e. The second-order valence-electron chi connectivity index (χ2n) is 3.37. The predicted octanol–water partition coefficient (Wildman–Crippen LogP) is 1.54. The van der Waals surface area contributed by atoms with Crippen LogP contribution in [0.25, 0.3) is 0 Å². The van der Waals surface area contributed by atoms with Gasteiger partial charge in [0.15, 0.2) is 0 Å². The highest BCUT2D eigenvalue weighted by Gasteiger charge is 2.11. The highest BCUT2D eigenvalue weighted by molar-refractivity contribution is 5.20. The lowest BCUT2D eigenvalue weighted by Gasteiger charge is -2.12. The Kier molecular flexibility index (Phi) is 4.11. The molecule has 0 aliphatic heterocycles. The molecule has 0 saturated heterocycles. The van der Waals surface area contributed by atoms with E-state index in [0.29, 0.717) is 18.7 Å². The lowest BCUT2D eigenvalue weighted by molar-refractivity contribution is 0.490. The first-order valence-electron chi connectivity index (χ1n) is 4.61. The van der Waals surface area contributed by atoms with Gasteiger partial charge in [0.1, 0.15) is 17.5 Å². The summed E-state index contributed by atoms with van der Waals surface area (Å²) in [4.78, 5) is 0. The van der Waals surface area contributed by atoms with E-state index < -0.39 is 17.5 Å². The van der Waals surface area contributed by atoms with Gasteiger partial charge in [-0.1, -0.05) is 0 Å². The number of hydrogen-bond donors (Lipinski definition) is 2. The predicted molar refractivity (Wildman–Crippen MR) is 51.7 cm³/mol. The summed E-state index contributed by atoms with van der Waals surface area (Å²) in [7, 11) is 0. The van der Waals surface area contributed by atoms with E-state index >= 15 is 0 Å². The van der Waals surface area contributed by atoms with Gasteiger partial charge in [-0.05, 0) is 6.92 Å². The van der Waals surface area contributed by atoms with Crippen LogP contribution in [0, 0.1) is 17.5 Å². The summed E-state index contributed by atoms with van der Waals surface area (Å²) in [5.41, 5.74) is 5.16. The lowest BCUT2D eigenvalue weighted by Crippen LogP contribution is -2.33. The summed E-state index contributed by atoms with van der Waals surface area (Å²) in [6.45, 7) is 2.15. The molecular weight excluding hydrogens is 205 g/mol. The first-order chi connectivity index (χ1) is 7.04. The van der Waals surface area contributed by atoms with Crippen molar-refractivity contribution in [2.45, 2.75) is 19.5 Å². The fourth-order valence-corrected chi connectivity index (χ4v) is 1.10. The van der Waals surface area contributed by atoms with E-state index in [4.69, 9.17) is 5.73 Å². The number of nitrogens with one attached hydrogen (secondary N) is 1. The van der Waals surface area contributed by atoms with Gasteiger partial charge in [0.05, 0.1) is 0 Å². The fourth-order valence-electron chi connectivity index (χ4n) is 1.10. The molecule has 0 unspecified atom stereocenters. The van der Waals surface area contributed by atoms with E-state index in [1.807, 2.05) is 0 Å². The third-order valence-corrected chi connectivity index (χ3v) is 2.09. The molecule has 3 N–H and O–H groups in total. The van der Waals surface area contributed by atoms with E-state index in [1.54, 1.807) is 6.92 Å². The summed E-state index contributed by atoms with van der Waals surface area (Å²) >= 11 is 0. The molecule has 0 amide bonds. The third kappa shape index (κ3) is 3.21. The molecule has 0 aromatic heterocycles. The highest BCUT2D eigenvalue weighted by atomic mass is 19.1. The molecule has 0 bridgehead atoms. The first-order valence-corrected chi connectivity index (χ1v) is 4.61. The SMILES string of the molecule is C[C@H](CN)NCc1c(F)cc(F)cc1F. The van der Waals surface area contributed by atoms with E-state index in [9.17, 15) is 13.2 Å². The van der Waals surface area contributed by atoms with Crippen molar-refractivity contribution in [3.8, 4) is 0 Å². The molecule has 0 radical (unpaired) electrons.